The maximum absolute atomic E-state index is 14.6. The van der Waals surface area contributed by atoms with Crippen molar-refractivity contribution in [2.45, 2.75) is 176 Å². The van der Waals surface area contributed by atoms with E-state index in [1.807, 2.05) is 0 Å². The molecule has 42 nitrogen and oxygen atoms in total. The van der Waals surface area contributed by atoms with Crippen LogP contribution in [0.25, 0.3) is 21.8 Å². The number of para-hydroxylation sites is 2. The Morgan fingerprint density at radius 2 is 0.892 bits per heavy atom. The van der Waals surface area contributed by atoms with E-state index in [4.69, 9.17) is 5.73 Å². The van der Waals surface area contributed by atoms with Gasteiger partial charge in [0.05, 0.1) is 32.3 Å². The number of rotatable bonds is 49. The molecule has 24 N–H and O–H groups in total. The first-order valence-electron chi connectivity index (χ1n) is 38.1. The molecule has 14 amide bonds. The Hall–Kier alpha value is -12.4. The lowest BCUT2D eigenvalue weighted by Crippen LogP contribution is -2.61. The van der Waals surface area contributed by atoms with Crippen LogP contribution in [-0.2, 0) is 106 Å². The van der Waals surface area contributed by atoms with Crippen LogP contribution in [0.1, 0.15) is 95.2 Å². The van der Waals surface area contributed by atoms with Gasteiger partial charge in [-0.2, -0.15) is 25.3 Å². The zero-order valence-electron chi connectivity index (χ0n) is 65.5. The first-order chi connectivity index (χ1) is 56.9. The fraction of sp³-hybridized carbons (Fsp3) is 0.474. The lowest BCUT2D eigenvalue weighted by molar-refractivity contribution is -0.144. The summed E-state index contributed by atoms with van der Waals surface area (Å²) in [7, 11) is 0. The van der Waals surface area contributed by atoms with Gasteiger partial charge < -0.3 is 125 Å². The quantitative estimate of drug-likeness (QED) is 0.0162. The average molecular weight is 1720 g/mol. The molecule has 3 heterocycles. The van der Waals surface area contributed by atoms with Gasteiger partial charge in [0, 0.05) is 90.8 Å². The fourth-order valence-electron chi connectivity index (χ4n) is 12.6. The highest BCUT2D eigenvalue weighted by Crippen LogP contribution is 2.25. The third-order valence-corrected chi connectivity index (χ3v) is 20.2. The average Bonchev–Trinajstić information content (AvgIpc) is 1.65. The van der Waals surface area contributed by atoms with Gasteiger partial charge in [0.1, 0.15) is 78.3 Å². The molecule has 5 aromatic rings. The normalized spacial score (nSPS) is 15.7. The Morgan fingerprint density at radius 3 is 1.37 bits per heavy atom. The summed E-state index contributed by atoms with van der Waals surface area (Å²) < 4.78 is 0. The van der Waals surface area contributed by atoms with Crippen LogP contribution < -0.4 is 74.9 Å². The highest BCUT2D eigenvalue weighted by molar-refractivity contribution is 7.80. The first-order valence-corrected chi connectivity index (χ1v) is 39.4. The number of aliphatic hydroxyl groups is 2. The zero-order valence-corrected chi connectivity index (χ0v) is 67.3. The molecule has 3 aromatic carbocycles. The van der Waals surface area contributed by atoms with Gasteiger partial charge in [-0.25, -0.2) is 4.79 Å². The molecule has 1 fully saturated rings. The van der Waals surface area contributed by atoms with E-state index in [1.165, 1.54) is 42.3 Å². The van der Waals surface area contributed by atoms with Crippen LogP contribution in [0.2, 0.25) is 0 Å². The topological polar surface area (TPSA) is 666 Å². The smallest absolute Gasteiger partial charge is 0.326 e. The molecule has 0 radical (unpaired) electrons. The molecule has 44 heteroatoms. The maximum Gasteiger partial charge on any atom is 0.326 e. The molecule has 14 atom stereocenters. The predicted octanol–water partition coefficient (Wildman–Crippen LogP) is -5.14. The Morgan fingerprint density at radius 1 is 0.483 bits per heavy atom. The van der Waals surface area contributed by atoms with Gasteiger partial charge in [-0.15, -0.1) is 0 Å². The Bertz CT molecular complexity index is 4530. The van der Waals surface area contributed by atoms with Gasteiger partial charge in [0.25, 0.3) is 0 Å². The van der Waals surface area contributed by atoms with E-state index in [-0.39, 0.29) is 50.2 Å². The Kier molecular flexibility index (Phi) is 38.0. The molecule has 120 heavy (non-hydrogen) atoms. The van der Waals surface area contributed by atoms with Gasteiger partial charge in [-0.05, 0) is 85.9 Å². The molecule has 1 aliphatic rings. The second-order valence-corrected chi connectivity index (χ2v) is 29.1. The molecule has 1 aliphatic heterocycles. The number of carboxylic acids is 4. The van der Waals surface area contributed by atoms with Gasteiger partial charge in [0.15, 0.2) is 0 Å². The van der Waals surface area contributed by atoms with Crippen molar-refractivity contribution in [3.05, 3.63) is 102 Å². The molecule has 1 saturated heterocycles. The summed E-state index contributed by atoms with van der Waals surface area (Å²) in [5, 5.41) is 101. The SMILES string of the molecule is CC[C@H](C)[C@H](NC(=O)[C@H](CO)NC(=O)[C@H](Cc1c[nH]c2ccccc12)NC(=O)[C@H](CS)NC(=O)[C@H](CCC(=O)O)NC(=O)[C@H](CCC(=O)O)NC(=O)CNC(=O)CNC(=O)[C@H](Cc1ccc(O)cc1)NC(=O)[C@H](CCC(=O)O)NC(=O)CNC(=O)[C@@H]1CCCN1C(=O)[C@H](Cc1c[nH]c2ccccc12)NC(=O)[C@H](CS)NC(=O)[C@@H](N)[C@@H](C)O)C(=O)O. The molecule has 652 valence electrons. The number of nitrogens with one attached hydrogen (secondary N) is 15. The van der Waals surface area contributed by atoms with Crippen molar-refractivity contribution in [2.24, 2.45) is 11.7 Å². The number of hydrogen-bond acceptors (Lipinski definition) is 24. The van der Waals surface area contributed by atoms with Crippen molar-refractivity contribution < 1.29 is 122 Å². The van der Waals surface area contributed by atoms with Gasteiger partial charge in [-0.1, -0.05) is 68.8 Å². The van der Waals surface area contributed by atoms with Crippen LogP contribution in [0.3, 0.4) is 0 Å². The van der Waals surface area contributed by atoms with Crippen LogP contribution in [0.15, 0.2) is 85.2 Å². The van der Waals surface area contributed by atoms with Crippen LogP contribution >= 0.6 is 25.3 Å². The number of aromatic hydroxyl groups is 1. The van der Waals surface area contributed by atoms with E-state index in [9.17, 15) is 122 Å². The summed E-state index contributed by atoms with van der Waals surface area (Å²) in [4.78, 5) is 249. The molecule has 0 bridgehead atoms. The van der Waals surface area contributed by atoms with Crippen LogP contribution in [0.4, 0.5) is 0 Å². The lowest BCUT2D eigenvalue weighted by Gasteiger charge is -2.30. The first kappa shape index (κ1) is 96.4. The number of benzene rings is 3. The molecule has 0 saturated carbocycles. The molecule has 0 aliphatic carbocycles. The summed E-state index contributed by atoms with van der Waals surface area (Å²) >= 11 is 8.41. The third kappa shape index (κ3) is 29.6. The van der Waals surface area contributed by atoms with E-state index in [0.717, 1.165) is 0 Å². The number of hydrogen-bond donors (Lipinski definition) is 25. The minimum absolute atomic E-state index is 0.00766. The maximum atomic E-state index is 14.6. The molecule has 2 aromatic heterocycles. The number of carbonyl (C=O) groups excluding carboxylic acids is 14. The number of amides is 14. The summed E-state index contributed by atoms with van der Waals surface area (Å²) in [6, 6.07) is 0.155. The van der Waals surface area contributed by atoms with Crippen molar-refractivity contribution in [1.29, 1.82) is 0 Å². The molecule has 0 unspecified atom stereocenters. The standard InChI is InChI=1S/C76H101N17O25S2/c1-4-37(2)64(76(117)118)92-70(111)53(34-94)89-69(110)51(27-40-29-78-45-12-7-5-10-43(40)45)87-71(112)54(35-119)90-68(109)49(21-24-62(104)105)85-66(107)47(19-22-60(100)101)83-58(98)32-80-57(97)31-81-65(106)50(26-39-15-17-42(96)18-16-39)86-67(108)48(20-23-61(102)103)84-59(99)33-82-73(114)56-14-9-25-93(56)75(116)52(28-41-30-79-46-13-8-6-11-44(41)46)88-72(113)55(36-120)91-74(115)63(77)38(3)95/h5-8,10-13,15-18,29-30,37-38,47-56,63-64,78-79,94-96,119-120H,4,9,14,19-28,31-36,77H2,1-3H3,(H,80,97)(H,81,106)(H,82,114)(H,83,98)(H,84,99)(H,85,107)(H,86,108)(H,87,112)(H,88,113)(H,89,110)(H,90,109)(H,91,115)(H,92,111)(H,100,101)(H,102,103)(H,104,105)(H,117,118)/t37-,38+,47-,48-,49-,50-,51-,52-,53-,54-,55-,56-,63-,64-/m0/s1. The van der Waals surface area contributed by atoms with Gasteiger partial charge >= 0.3 is 23.9 Å². The summed E-state index contributed by atoms with van der Waals surface area (Å²) in [5.41, 5.74) is 8.45. The van der Waals surface area contributed by atoms with Crippen LogP contribution in [-0.4, -0.2) is 280 Å². The number of likely N-dealkylation sites (tertiary alicyclic amines) is 1. The number of aromatic nitrogens is 2. The van der Waals surface area contributed by atoms with E-state index >= 15 is 0 Å². The molecule has 6 rings (SSSR count). The van der Waals surface area contributed by atoms with Gasteiger partial charge in [0.2, 0.25) is 82.7 Å². The summed E-state index contributed by atoms with van der Waals surface area (Å²) in [5.74, 6) is -22.0. The number of aliphatic carboxylic acids is 4. The van der Waals surface area contributed by atoms with Crippen LogP contribution in [0, 0.1) is 5.92 Å². The van der Waals surface area contributed by atoms with Gasteiger partial charge in [-0.3, -0.25) is 81.5 Å². The number of thiol groups is 2. The van der Waals surface area contributed by atoms with E-state index < -0.39 is 262 Å². The van der Waals surface area contributed by atoms with E-state index in [1.54, 1.807) is 68.6 Å². The predicted molar refractivity (Wildman–Crippen MR) is 431 cm³/mol. The minimum Gasteiger partial charge on any atom is -0.508 e. The van der Waals surface area contributed by atoms with Crippen molar-refractivity contribution in [3.8, 4) is 5.75 Å². The Labute approximate surface area is 696 Å². The zero-order chi connectivity index (χ0) is 88.6. The monoisotopic (exact) mass is 1720 g/mol. The summed E-state index contributed by atoms with van der Waals surface area (Å²) in [6.07, 6.45) is -2.60. The highest BCUT2D eigenvalue weighted by atomic mass is 32.1. The number of nitrogens with two attached hydrogens (primary N) is 1. The fourth-order valence-corrected chi connectivity index (χ4v) is 13.1. The largest absolute Gasteiger partial charge is 0.508 e. The number of phenolic OH excluding ortho intramolecular Hbond substituents is 1. The van der Waals surface area contributed by atoms with Crippen molar-refractivity contribution in [2.75, 3.05) is 44.3 Å². The Balaban J connectivity index is 1.09. The second kappa shape index (κ2) is 47.2. The van der Waals surface area contributed by atoms with Crippen molar-refractivity contribution >= 4 is 154 Å². The minimum atomic E-state index is -1.87. The molecular weight excluding hydrogens is 1620 g/mol. The number of phenols is 1. The molecule has 0 spiro atoms. The van der Waals surface area contributed by atoms with Crippen molar-refractivity contribution in [1.82, 2.24) is 84.0 Å². The number of carbonyl (C=O) groups is 18. The number of aliphatic hydroxyl groups excluding tert-OH is 2. The highest BCUT2D eigenvalue weighted by Gasteiger charge is 2.41. The number of aromatic amines is 2. The number of fused-ring (bicyclic) bond motifs is 2. The van der Waals surface area contributed by atoms with Crippen molar-refractivity contribution in [3.63, 3.8) is 0 Å². The summed E-state index contributed by atoms with van der Waals surface area (Å²) in [6.45, 7) is 0.691. The molecular formula is C76H101N17O25S2. The number of carboxylic acid groups (broad SMARTS) is 4. The number of H-pyrrole nitrogens is 2. The lowest BCUT2D eigenvalue weighted by atomic mass is 9.99. The van der Waals surface area contributed by atoms with E-state index in [2.05, 4.69) is 104 Å². The van der Waals surface area contributed by atoms with Crippen LogP contribution in [0.5, 0.6) is 5.75 Å². The third-order valence-electron chi connectivity index (χ3n) is 19.5. The van der Waals surface area contributed by atoms with E-state index in [0.29, 0.717) is 44.9 Å². The second-order valence-electron chi connectivity index (χ2n) is 28.4. The number of nitrogens with zero attached hydrogens (tertiary/aromatic N) is 1.